The highest BCUT2D eigenvalue weighted by Gasteiger charge is 2.17. The lowest BCUT2D eigenvalue weighted by Gasteiger charge is -1.93. The maximum Gasteiger partial charge on any atom is 0.0893 e. The van der Waals surface area contributed by atoms with Crippen molar-refractivity contribution in [1.29, 1.82) is 0 Å². The topological polar surface area (TPSA) is 30.7 Å². The lowest BCUT2D eigenvalue weighted by atomic mass is 10.1. The Kier molecular flexibility index (Phi) is 0.961. The van der Waals surface area contributed by atoms with Crippen molar-refractivity contribution in [3.05, 3.63) is 36.0 Å². The molecule has 1 aliphatic heterocycles. The van der Waals surface area contributed by atoms with Crippen LogP contribution >= 0.6 is 0 Å². The van der Waals surface area contributed by atoms with Crippen LogP contribution in [0.4, 0.5) is 0 Å². The van der Waals surface area contributed by atoms with E-state index in [0.717, 1.165) is 12.2 Å². The van der Waals surface area contributed by atoms with Gasteiger partial charge in [0.1, 0.15) is 0 Å². The monoisotopic (exact) mass is 157 g/mol. The SMILES string of the molecule is c1ccc2c(c1)Cn1nncc1-2. The number of benzene rings is 1. The first-order chi connectivity index (χ1) is 5.95. The van der Waals surface area contributed by atoms with Gasteiger partial charge in [-0.3, -0.25) is 0 Å². The maximum atomic E-state index is 3.98. The normalized spacial score (nSPS) is 12.7. The zero-order valence-electron chi connectivity index (χ0n) is 6.44. The second-order valence-electron chi connectivity index (χ2n) is 2.93. The smallest absolute Gasteiger partial charge is 0.0893 e. The van der Waals surface area contributed by atoms with Crippen molar-refractivity contribution in [1.82, 2.24) is 15.0 Å². The average molecular weight is 157 g/mol. The second-order valence-corrected chi connectivity index (χ2v) is 2.93. The number of aromatic nitrogens is 3. The Labute approximate surface area is 69.6 Å². The first kappa shape index (κ1) is 5.94. The van der Waals surface area contributed by atoms with Crippen LogP contribution in [0, 0.1) is 0 Å². The van der Waals surface area contributed by atoms with Crippen LogP contribution < -0.4 is 0 Å². The molecule has 3 rings (SSSR count). The van der Waals surface area contributed by atoms with E-state index in [4.69, 9.17) is 0 Å². The van der Waals surface area contributed by atoms with Crippen LogP contribution in [0.25, 0.3) is 11.3 Å². The lowest BCUT2D eigenvalue weighted by Crippen LogP contribution is -1.94. The van der Waals surface area contributed by atoms with Crippen molar-refractivity contribution in [2.45, 2.75) is 6.54 Å². The van der Waals surface area contributed by atoms with Gasteiger partial charge in [0.05, 0.1) is 18.4 Å². The predicted molar refractivity (Wildman–Crippen MR) is 44.6 cm³/mol. The fourth-order valence-electron chi connectivity index (χ4n) is 1.65. The van der Waals surface area contributed by atoms with Crippen LogP contribution in [-0.2, 0) is 6.54 Å². The predicted octanol–water partition coefficient (Wildman–Crippen LogP) is 1.31. The molecule has 0 saturated heterocycles. The Bertz CT molecular complexity index is 431. The van der Waals surface area contributed by atoms with Gasteiger partial charge in [0.15, 0.2) is 0 Å². The Balaban J connectivity index is 2.34. The van der Waals surface area contributed by atoms with Crippen LogP contribution in [0.2, 0.25) is 0 Å². The van der Waals surface area contributed by atoms with Gasteiger partial charge in [-0.1, -0.05) is 29.5 Å². The second kappa shape index (κ2) is 1.94. The third-order valence-electron chi connectivity index (χ3n) is 2.23. The van der Waals surface area contributed by atoms with Gasteiger partial charge >= 0.3 is 0 Å². The molecule has 1 aromatic carbocycles. The first-order valence-electron chi connectivity index (χ1n) is 3.92. The molecule has 58 valence electrons. The van der Waals surface area contributed by atoms with Crippen LogP contribution in [-0.4, -0.2) is 15.0 Å². The lowest BCUT2D eigenvalue weighted by molar-refractivity contribution is 0.675. The minimum Gasteiger partial charge on any atom is -0.240 e. The minimum absolute atomic E-state index is 0.867. The Morgan fingerprint density at radius 3 is 3.17 bits per heavy atom. The molecule has 12 heavy (non-hydrogen) atoms. The number of rotatable bonds is 0. The molecule has 2 heterocycles. The quantitative estimate of drug-likeness (QED) is 0.492. The molecule has 0 unspecified atom stereocenters. The van der Waals surface area contributed by atoms with Gasteiger partial charge < -0.3 is 0 Å². The van der Waals surface area contributed by atoms with Crippen molar-refractivity contribution in [2.75, 3.05) is 0 Å². The standard InChI is InChI=1S/C9H7N3/c1-2-4-8-7(3-1)6-12-9(8)5-10-11-12/h1-5H,6H2. The summed E-state index contributed by atoms with van der Waals surface area (Å²) in [4.78, 5) is 0. The zero-order valence-corrected chi connectivity index (χ0v) is 6.44. The van der Waals surface area contributed by atoms with Crippen LogP contribution in [0.15, 0.2) is 30.5 Å². The molecule has 1 aromatic heterocycles. The van der Waals surface area contributed by atoms with Crippen molar-refractivity contribution in [3.8, 4) is 11.3 Å². The van der Waals surface area contributed by atoms with E-state index >= 15 is 0 Å². The van der Waals surface area contributed by atoms with Crippen LogP contribution in [0.5, 0.6) is 0 Å². The molecule has 0 fully saturated rings. The van der Waals surface area contributed by atoms with E-state index in [-0.39, 0.29) is 0 Å². The fourth-order valence-corrected chi connectivity index (χ4v) is 1.65. The fraction of sp³-hybridized carbons (Fsp3) is 0.111. The molecule has 3 nitrogen and oxygen atoms in total. The van der Waals surface area contributed by atoms with Crippen LogP contribution in [0.3, 0.4) is 0 Å². The summed E-state index contributed by atoms with van der Waals surface area (Å²) in [6, 6.07) is 8.34. The van der Waals surface area contributed by atoms with E-state index in [9.17, 15) is 0 Å². The van der Waals surface area contributed by atoms with Gasteiger partial charge in [-0.15, -0.1) is 5.10 Å². The molecule has 0 saturated carbocycles. The van der Waals surface area contributed by atoms with Gasteiger partial charge in [0.2, 0.25) is 0 Å². The van der Waals surface area contributed by atoms with Gasteiger partial charge in [-0.05, 0) is 5.56 Å². The van der Waals surface area contributed by atoms with Gasteiger partial charge in [0.25, 0.3) is 0 Å². The van der Waals surface area contributed by atoms with E-state index in [1.807, 2.05) is 16.9 Å². The summed E-state index contributed by atoms with van der Waals surface area (Å²) in [6.07, 6.45) is 1.81. The molecular formula is C9H7N3. The summed E-state index contributed by atoms with van der Waals surface area (Å²) < 4.78 is 1.92. The van der Waals surface area contributed by atoms with Crippen molar-refractivity contribution in [3.63, 3.8) is 0 Å². The number of nitrogens with zero attached hydrogens (tertiary/aromatic N) is 3. The summed E-state index contributed by atoms with van der Waals surface area (Å²) >= 11 is 0. The third-order valence-corrected chi connectivity index (χ3v) is 2.23. The van der Waals surface area contributed by atoms with E-state index < -0.39 is 0 Å². The Morgan fingerprint density at radius 2 is 2.17 bits per heavy atom. The zero-order chi connectivity index (χ0) is 7.97. The van der Waals surface area contributed by atoms with Crippen molar-refractivity contribution >= 4 is 0 Å². The van der Waals surface area contributed by atoms with E-state index in [1.165, 1.54) is 11.1 Å². The molecular weight excluding hydrogens is 150 g/mol. The summed E-state index contributed by atoms with van der Waals surface area (Å²) in [7, 11) is 0. The summed E-state index contributed by atoms with van der Waals surface area (Å²) in [6.45, 7) is 0.867. The molecule has 1 aliphatic rings. The Morgan fingerprint density at radius 1 is 1.25 bits per heavy atom. The molecule has 0 atom stereocenters. The molecule has 0 N–H and O–H groups in total. The highest BCUT2D eigenvalue weighted by atomic mass is 15.4. The Hall–Kier alpha value is -1.64. The minimum atomic E-state index is 0.867. The van der Waals surface area contributed by atoms with Crippen molar-refractivity contribution < 1.29 is 0 Å². The highest BCUT2D eigenvalue weighted by Crippen LogP contribution is 2.29. The number of hydrogen-bond donors (Lipinski definition) is 0. The summed E-state index contributed by atoms with van der Waals surface area (Å²) in [5.74, 6) is 0. The first-order valence-corrected chi connectivity index (χ1v) is 3.92. The highest BCUT2D eigenvalue weighted by molar-refractivity contribution is 5.66. The maximum absolute atomic E-state index is 3.98. The van der Waals surface area contributed by atoms with E-state index in [2.05, 4.69) is 28.5 Å². The van der Waals surface area contributed by atoms with E-state index in [1.54, 1.807) is 0 Å². The van der Waals surface area contributed by atoms with Gasteiger partial charge in [-0.25, -0.2) is 4.68 Å². The van der Waals surface area contributed by atoms with E-state index in [0.29, 0.717) is 0 Å². The van der Waals surface area contributed by atoms with Crippen LogP contribution in [0.1, 0.15) is 5.56 Å². The number of hydrogen-bond acceptors (Lipinski definition) is 2. The average Bonchev–Trinajstić information content (AvgIpc) is 2.62. The molecule has 0 amide bonds. The van der Waals surface area contributed by atoms with Gasteiger partial charge in [-0.2, -0.15) is 0 Å². The largest absolute Gasteiger partial charge is 0.240 e. The van der Waals surface area contributed by atoms with Crippen molar-refractivity contribution in [2.24, 2.45) is 0 Å². The molecule has 0 bridgehead atoms. The summed E-state index contributed by atoms with van der Waals surface area (Å²) in [5, 5.41) is 7.83. The molecule has 3 heteroatoms. The molecule has 0 radical (unpaired) electrons. The summed E-state index contributed by atoms with van der Waals surface area (Å²) in [5.41, 5.74) is 3.73. The molecule has 2 aromatic rings. The molecule has 0 spiro atoms. The third kappa shape index (κ3) is 0.605. The van der Waals surface area contributed by atoms with Gasteiger partial charge in [0, 0.05) is 5.56 Å². The number of fused-ring (bicyclic) bond motifs is 3. The molecule has 0 aliphatic carbocycles.